The number of benzene rings is 1. The number of carbonyl (C=O) groups is 2. The molecule has 0 spiro atoms. The van der Waals surface area contributed by atoms with Gasteiger partial charge in [-0.3, -0.25) is 9.59 Å². The van der Waals surface area contributed by atoms with E-state index in [2.05, 4.69) is 6.58 Å². The second-order valence-corrected chi connectivity index (χ2v) is 11.3. The van der Waals surface area contributed by atoms with E-state index in [0.717, 1.165) is 0 Å². The lowest BCUT2D eigenvalue weighted by molar-refractivity contribution is -0.128. The van der Waals surface area contributed by atoms with Gasteiger partial charge in [0.25, 0.3) is 5.91 Å². The van der Waals surface area contributed by atoms with Gasteiger partial charge in [0.05, 0.1) is 28.4 Å². The molecule has 2 amide bonds. The minimum atomic E-state index is -0.663. The lowest BCUT2D eigenvalue weighted by Crippen LogP contribution is -2.57. The van der Waals surface area contributed by atoms with Crippen LogP contribution in [0.5, 0.6) is 5.75 Å². The normalized spacial score (nSPS) is 22.2. The number of hydrogen-bond donors (Lipinski definition) is 1. The van der Waals surface area contributed by atoms with Gasteiger partial charge in [-0.1, -0.05) is 29.8 Å². The Hall–Kier alpha value is -3.08. The number of fused-ring (bicyclic) bond motifs is 2. The Morgan fingerprint density at radius 1 is 1.28 bits per heavy atom. The first-order chi connectivity index (χ1) is 18.5. The van der Waals surface area contributed by atoms with Crippen LogP contribution >= 0.6 is 23.2 Å². The van der Waals surface area contributed by atoms with Crippen molar-refractivity contribution in [2.24, 2.45) is 0 Å². The minimum absolute atomic E-state index is 0.0238. The Morgan fingerprint density at radius 2 is 2.03 bits per heavy atom. The molecule has 3 aliphatic rings. The van der Waals surface area contributed by atoms with E-state index in [9.17, 15) is 9.59 Å². The first kappa shape index (κ1) is 27.5. The van der Waals surface area contributed by atoms with Gasteiger partial charge in [-0.25, -0.2) is 9.37 Å². The Bertz CT molecular complexity index is 1370. The second kappa shape index (κ2) is 10.1. The highest BCUT2D eigenvalue weighted by Crippen LogP contribution is 2.48. The zero-order valence-electron chi connectivity index (χ0n) is 22.0. The maximum Gasteiger partial charge on any atom is 0.261 e. The fourth-order valence-electron chi connectivity index (χ4n) is 5.66. The summed E-state index contributed by atoms with van der Waals surface area (Å²) in [7, 11) is 1.64. The summed E-state index contributed by atoms with van der Waals surface area (Å²) in [6, 6.07) is 2.12. The number of piperazine rings is 1. The Morgan fingerprint density at radius 3 is 2.69 bits per heavy atom. The van der Waals surface area contributed by atoms with Gasteiger partial charge in [-0.15, -0.1) is 0 Å². The van der Waals surface area contributed by atoms with Crippen molar-refractivity contribution in [1.29, 1.82) is 0 Å². The SMILES string of the molecule is C=CC(=O)N1CCN2C(=O)c3c(N4CC(OC)CC4(C)C)nc(-c4c(F)ccc(Cl)c4N)c(Cl)c3OC[C@H]2C1. The molecule has 0 saturated carbocycles. The van der Waals surface area contributed by atoms with Crippen LogP contribution in [-0.4, -0.2) is 84.2 Å². The van der Waals surface area contributed by atoms with E-state index in [0.29, 0.717) is 31.9 Å². The molecule has 4 heterocycles. The molecule has 3 aliphatic heterocycles. The van der Waals surface area contributed by atoms with E-state index in [1.165, 1.54) is 18.2 Å². The maximum absolute atomic E-state index is 15.2. The van der Waals surface area contributed by atoms with E-state index in [4.69, 9.17) is 43.4 Å². The molecular weight excluding hydrogens is 548 g/mol. The first-order valence-electron chi connectivity index (χ1n) is 12.6. The van der Waals surface area contributed by atoms with Gasteiger partial charge >= 0.3 is 0 Å². The molecule has 0 radical (unpaired) electrons. The summed E-state index contributed by atoms with van der Waals surface area (Å²) >= 11 is 13.1. The highest BCUT2D eigenvalue weighted by molar-refractivity contribution is 6.37. The third-order valence-electron chi connectivity index (χ3n) is 7.75. The summed E-state index contributed by atoms with van der Waals surface area (Å²) in [6.07, 6.45) is 1.80. The number of nitrogens with zero attached hydrogens (tertiary/aromatic N) is 4. The molecule has 12 heteroatoms. The van der Waals surface area contributed by atoms with Crippen LogP contribution in [0.4, 0.5) is 15.9 Å². The van der Waals surface area contributed by atoms with Gasteiger partial charge in [0.15, 0.2) is 5.75 Å². The predicted molar refractivity (Wildman–Crippen MR) is 148 cm³/mol. The van der Waals surface area contributed by atoms with Crippen molar-refractivity contribution in [1.82, 2.24) is 14.8 Å². The molecule has 0 bridgehead atoms. The zero-order chi connectivity index (χ0) is 28.2. The Labute approximate surface area is 236 Å². The zero-order valence-corrected chi connectivity index (χ0v) is 23.5. The van der Waals surface area contributed by atoms with Crippen molar-refractivity contribution in [3.05, 3.63) is 46.2 Å². The van der Waals surface area contributed by atoms with E-state index in [-0.39, 0.29) is 69.4 Å². The lowest BCUT2D eigenvalue weighted by Gasteiger charge is -2.40. The highest BCUT2D eigenvalue weighted by atomic mass is 35.5. The predicted octanol–water partition coefficient (Wildman–Crippen LogP) is 4.01. The number of carbonyl (C=O) groups excluding carboxylic acids is 2. The summed E-state index contributed by atoms with van der Waals surface area (Å²) in [4.78, 5) is 36.6. The number of methoxy groups -OCH3 is 1. The van der Waals surface area contributed by atoms with Gasteiger partial charge < -0.3 is 29.9 Å². The van der Waals surface area contributed by atoms with Crippen LogP contribution in [0.15, 0.2) is 24.8 Å². The largest absolute Gasteiger partial charge is 0.489 e. The number of amides is 2. The standard InChI is InChI=1S/C27H30Cl2FN5O4/c1-5-18(36)33-8-9-34-14(11-33)13-39-24-20(26(34)37)25(35-12-15(38-4)10-27(35,2)3)32-23(21(24)29)19-17(30)7-6-16(28)22(19)31/h5-7,14-15H,1,8-13,31H2,2-4H3/t14-,15?/m1/s1. The Balaban J connectivity index is 1.71. The molecule has 1 aromatic heterocycles. The van der Waals surface area contributed by atoms with Crippen LogP contribution in [0.2, 0.25) is 10.0 Å². The Kier molecular flexibility index (Phi) is 7.15. The van der Waals surface area contributed by atoms with Crippen LogP contribution in [0.1, 0.15) is 30.6 Å². The number of ether oxygens (including phenoxy) is 2. The third-order valence-corrected chi connectivity index (χ3v) is 8.43. The van der Waals surface area contributed by atoms with E-state index in [1.54, 1.807) is 16.9 Å². The van der Waals surface area contributed by atoms with Gasteiger partial charge in [-0.2, -0.15) is 0 Å². The smallest absolute Gasteiger partial charge is 0.261 e. The van der Waals surface area contributed by atoms with Crippen LogP contribution in [0.25, 0.3) is 11.3 Å². The van der Waals surface area contributed by atoms with Crippen LogP contribution in [0, 0.1) is 5.82 Å². The molecule has 5 rings (SSSR count). The van der Waals surface area contributed by atoms with Crippen LogP contribution in [0.3, 0.4) is 0 Å². The topological polar surface area (TPSA) is 101 Å². The average molecular weight is 578 g/mol. The van der Waals surface area contributed by atoms with E-state index >= 15 is 4.39 Å². The monoisotopic (exact) mass is 577 g/mol. The average Bonchev–Trinajstić information content (AvgIpc) is 3.15. The summed E-state index contributed by atoms with van der Waals surface area (Å²) in [5.74, 6) is -0.826. The molecule has 2 saturated heterocycles. The summed E-state index contributed by atoms with van der Waals surface area (Å²) in [5.41, 5.74) is 5.85. The van der Waals surface area contributed by atoms with E-state index < -0.39 is 17.4 Å². The molecule has 0 aliphatic carbocycles. The van der Waals surface area contributed by atoms with Crippen molar-refractivity contribution in [2.45, 2.75) is 38.0 Å². The second-order valence-electron chi connectivity index (χ2n) is 10.6. The number of nitrogen functional groups attached to an aromatic ring is 1. The number of aromatic nitrogens is 1. The van der Waals surface area contributed by atoms with Crippen LogP contribution in [-0.2, 0) is 9.53 Å². The summed E-state index contributed by atoms with van der Waals surface area (Å²) < 4.78 is 27.1. The molecule has 1 aromatic carbocycles. The van der Waals surface area contributed by atoms with Crippen LogP contribution < -0.4 is 15.4 Å². The van der Waals surface area contributed by atoms with Crippen molar-refractivity contribution < 1.29 is 23.5 Å². The number of pyridine rings is 1. The van der Waals surface area contributed by atoms with Crippen molar-refractivity contribution in [3.63, 3.8) is 0 Å². The molecule has 1 unspecified atom stereocenters. The highest BCUT2D eigenvalue weighted by Gasteiger charge is 2.45. The van der Waals surface area contributed by atoms with Gasteiger partial charge in [0.1, 0.15) is 34.5 Å². The quantitative estimate of drug-likeness (QED) is 0.432. The minimum Gasteiger partial charge on any atom is -0.489 e. The molecule has 2 aromatic rings. The molecule has 39 heavy (non-hydrogen) atoms. The van der Waals surface area contributed by atoms with Crippen molar-refractivity contribution in [3.8, 4) is 17.0 Å². The third kappa shape index (κ3) is 4.58. The van der Waals surface area contributed by atoms with Gasteiger partial charge in [-0.05, 0) is 38.5 Å². The van der Waals surface area contributed by atoms with Gasteiger partial charge in [0.2, 0.25) is 5.91 Å². The fraction of sp³-hybridized carbons (Fsp3) is 0.444. The molecule has 208 valence electrons. The molecular formula is C27H30Cl2FN5O4. The number of hydrogen-bond acceptors (Lipinski definition) is 7. The molecule has 2 N–H and O–H groups in total. The molecule has 9 nitrogen and oxygen atoms in total. The number of nitrogens with two attached hydrogens (primary N) is 1. The van der Waals surface area contributed by atoms with Gasteiger partial charge in [0, 0.05) is 38.8 Å². The maximum atomic E-state index is 15.2. The lowest BCUT2D eigenvalue weighted by atomic mass is 9.99. The summed E-state index contributed by atoms with van der Waals surface area (Å²) in [6.45, 7) is 9.03. The summed E-state index contributed by atoms with van der Waals surface area (Å²) in [5, 5.41) is 0.0944. The van der Waals surface area contributed by atoms with Crippen molar-refractivity contribution in [2.75, 3.05) is 50.5 Å². The van der Waals surface area contributed by atoms with Crippen molar-refractivity contribution >= 4 is 46.5 Å². The number of anilines is 2. The van der Waals surface area contributed by atoms with E-state index in [1.807, 2.05) is 18.7 Å². The molecule has 2 fully saturated rings. The fourth-order valence-corrected chi connectivity index (χ4v) is 6.10. The molecule has 2 atom stereocenters. The number of rotatable bonds is 4. The first-order valence-corrected chi connectivity index (χ1v) is 13.4. The number of halogens is 3.